The molecule has 4 N–H and O–H groups in total. The van der Waals surface area contributed by atoms with E-state index in [2.05, 4.69) is 79.7 Å². The van der Waals surface area contributed by atoms with Gasteiger partial charge in [0.1, 0.15) is 0 Å². The van der Waals surface area contributed by atoms with E-state index in [4.69, 9.17) is 4.74 Å². The van der Waals surface area contributed by atoms with Crippen LogP contribution in [0.5, 0.6) is 0 Å². The molecule has 0 amide bonds. The number of aromatic nitrogens is 3. The summed E-state index contributed by atoms with van der Waals surface area (Å²) in [6.07, 6.45) is 10.1. The molecule has 3 aliphatic heterocycles. The molecule has 6 rings (SSSR count). The van der Waals surface area contributed by atoms with Crippen molar-refractivity contribution in [1.82, 2.24) is 20.3 Å². The maximum Gasteiger partial charge on any atom is 0.348 e. The number of fused-ring (bicyclic) bond motifs is 7. The van der Waals surface area contributed by atoms with Gasteiger partial charge >= 0.3 is 11.9 Å². The van der Waals surface area contributed by atoms with Gasteiger partial charge in [0.25, 0.3) is 0 Å². The Kier molecular flexibility index (Phi) is 6.13. The molecule has 0 radical (unpaired) electrons. The molecule has 40 heavy (non-hydrogen) atoms. The third kappa shape index (κ3) is 3.79. The smallest absolute Gasteiger partial charge is 0.348 e. The van der Waals surface area contributed by atoms with E-state index in [1.807, 2.05) is 13.0 Å². The van der Waals surface area contributed by atoms with Crippen molar-refractivity contribution in [2.75, 3.05) is 0 Å². The van der Waals surface area contributed by atoms with Gasteiger partial charge in [0, 0.05) is 62.1 Å². The number of ether oxygens (including phenoxy) is 1. The van der Waals surface area contributed by atoms with Crippen LogP contribution >= 0.6 is 0 Å². The van der Waals surface area contributed by atoms with Crippen LogP contribution in [-0.2, 0) is 16.0 Å². The Morgan fingerprint density at radius 1 is 0.950 bits per heavy atom. The SMILES string of the molecule is C=Cc1c2[nH]c(c1C)C=C1NC(=C3CC(=O)OC(=O)c4c3[nH]c(c4C)C=c3[nH]c(c(C)c3CC)=C2)[C@@H](CC)[C@@H]1C. The zero-order chi connectivity index (χ0) is 28.5. The molecule has 2 atom stereocenters. The lowest BCUT2D eigenvalue weighted by atomic mass is 9.87. The van der Waals surface area contributed by atoms with Crippen LogP contribution < -0.4 is 16.0 Å². The highest BCUT2D eigenvalue weighted by Gasteiger charge is 2.38. The lowest BCUT2D eigenvalue weighted by Gasteiger charge is -2.16. The zero-order valence-corrected chi connectivity index (χ0v) is 24.0. The maximum atomic E-state index is 13.2. The number of allylic oxidation sites excluding steroid dienone is 2. The molecule has 206 valence electrons. The third-order valence-corrected chi connectivity index (χ3v) is 9.08. The second kappa shape index (κ2) is 9.44. The summed E-state index contributed by atoms with van der Waals surface area (Å²) in [5, 5.41) is 5.70. The number of hydrogen-bond donors (Lipinski definition) is 4. The fourth-order valence-electron chi connectivity index (χ4n) is 6.77. The molecule has 3 aliphatic rings. The summed E-state index contributed by atoms with van der Waals surface area (Å²) in [5.41, 5.74) is 12.1. The number of rotatable bonds is 3. The first-order valence-corrected chi connectivity index (χ1v) is 14.1. The highest BCUT2D eigenvalue weighted by molar-refractivity contribution is 6.07. The van der Waals surface area contributed by atoms with Crippen molar-refractivity contribution >= 4 is 41.8 Å². The number of carbonyl (C=O) groups excluding carboxylic acids is 2. The summed E-state index contributed by atoms with van der Waals surface area (Å²) in [6.45, 7) is 16.8. The van der Waals surface area contributed by atoms with Crippen LogP contribution in [0.25, 0.3) is 29.9 Å². The van der Waals surface area contributed by atoms with Gasteiger partial charge < -0.3 is 25.0 Å². The molecule has 6 heterocycles. The average Bonchev–Trinajstić information content (AvgIpc) is 3.57. The molecule has 1 fully saturated rings. The van der Waals surface area contributed by atoms with E-state index in [-0.39, 0.29) is 18.3 Å². The van der Waals surface area contributed by atoms with Crippen LogP contribution in [0.4, 0.5) is 0 Å². The first-order chi connectivity index (χ1) is 19.2. The van der Waals surface area contributed by atoms with Crippen LogP contribution in [0.15, 0.2) is 18.0 Å². The minimum absolute atomic E-state index is 0.0180. The second-order valence-corrected chi connectivity index (χ2v) is 11.2. The number of carbonyl (C=O) groups is 2. The highest BCUT2D eigenvalue weighted by Crippen LogP contribution is 2.43. The van der Waals surface area contributed by atoms with E-state index in [0.717, 1.165) is 74.3 Å². The Morgan fingerprint density at radius 2 is 1.68 bits per heavy atom. The van der Waals surface area contributed by atoms with Gasteiger partial charge in [-0.2, -0.15) is 0 Å². The van der Waals surface area contributed by atoms with E-state index in [1.165, 1.54) is 11.1 Å². The molecule has 0 unspecified atom stereocenters. The summed E-state index contributed by atoms with van der Waals surface area (Å²) in [5.74, 6) is -0.796. The van der Waals surface area contributed by atoms with Crippen molar-refractivity contribution in [2.45, 2.75) is 60.8 Å². The quantitative estimate of drug-likeness (QED) is 0.283. The highest BCUT2D eigenvalue weighted by atomic mass is 16.6. The molecule has 0 saturated carbocycles. The summed E-state index contributed by atoms with van der Waals surface area (Å²) >= 11 is 0. The Morgan fingerprint density at radius 3 is 2.38 bits per heavy atom. The van der Waals surface area contributed by atoms with Crippen molar-refractivity contribution in [3.63, 3.8) is 0 Å². The van der Waals surface area contributed by atoms with Crippen LogP contribution in [-0.4, -0.2) is 26.9 Å². The fraction of sp³-hybridized carbons (Fsp3) is 0.333. The van der Waals surface area contributed by atoms with Gasteiger partial charge in [0.15, 0.2) is 0 Å². The van der Waals surface area contributed by atoms with Crippen LogP contribution in [0, 0.1) is 32.6 Å². The van der Waals surface area contributed by atoms with Crippen LogP contribution in [0.3, 0.4) is 0 Å². The first kappa shape index (κ1) is 26.0. The van der Waals surface area contributed by atoms with Crippen molar-refractivity contribution in [1.29, 1.82) is 0 Å². The fourth-order valence-corrected chi connectivity index (χ4v) is 6.77. The molecule has 7 nitrogen and oxygen atoms in total. The molecule has 3 aromatic heterocycles. The Labute approximate surface area is 233 Å². The van der Waals surface area contributed by atoms with Gasteiger partial charge in [-0.3, -0.25) is 4.79 Å². The number of nitrogens with one attached hydrogen (secondary N) is 4. The molecule has 0 aliphatic carbocycles. The van der Waals surface area contributed by atoms with E-state index < -0.39 is 11.9 Å². The predicted molar refractivity (Wildman–Crippen MR) is 158 cm³/mol. The minimum Gasteiger partial charge on any atom is -0.389 e. The third-order valence-electron chi connectivity index (χ3n) is 9.08. The second-order valence-electron chi connectivity index (χ2n) is 11.2. The van der Waals surface area contributed by atoms with Gasteiger partial charge in [-0.25, -0.2) is 4.79 Å². The lowest BCUT2D eigenvalue weighted by Crippen LogP contribution is -2.14. The van der Waals surface area contributed by atoms with Gasteiger partial charge in [-0.1, -0.05) is 33.4 Å². The summed E-state index contributed by atoms with van der Waals surface area (Å²) in [7, 11) is 0. The van der Waals surface area contributed by atoms with Crippen molar-refractivity contribution in [3.8, 4) is 0 Å². The number of cyclic esters (lactones) is 2. The lowest BCUT2D eigenvalue weighted by molar-refractivity contribution is -0.136. The zero-order valence-electron chi connectivity index (χ0n) is 24.0. The largest absolute Gasteiger partial charge is 0.389 e. The van der Waals surface area contributed by atoms with Gasteiger partial charge in [-0.15, -0.1) is 0 Å². The molecule has 3 aromatic rings. The summed E-state index contributed by atoms with van der Waals surface area (Å²) < 4.78 is 5.28. The van der Waals surface area contributed by atoms with E-state index in [0.29, 0.717) is 11.3 Å². The number of H-pyrrole nitrogens is 3. The average molecular weight is 537 g/mol. The normalized spacial score (nSPS) is 19.9. The Balaban J connectivity index is 1.76. The van der Waals surface area contributed by atoms with Crippen LogP contribution in [0.1, 0.15) is 94.6 Å². The van der Waals surface area contributed by atoms with E-state index in [1.54, 1.807) is 0 Å². The molecule has 0 spiro atoms. The van der Waals surface area contributed by atoms with Gasteiger partial charge in [0.05, 0.1) is 17.7 Å². The topological polar surface area (TPSA) is 103 Å². The van der Waals surface area contributed by atoms with Gasteiger partial charge in [0.2, 0.25) is 0 Å². The Bertz CT molecular complexity index is 1800. The number of esters is 2. The Hall–Kier alpha value is -4.26. The van der Waals surface area contributed by atoms with Gasteiger partial charge in [-0.05, 0) is 74.1 Å². The minimum atomic E-state index is -0.602. The molecular formula is C33H36N4O3. The number of hydrogen-bond acceptors (Lipinski definition) is 4. The molecule has 7 heteroatoms. The molecular weight excluding hydrogens is 500 g/mol. The standard InChI is InChI=1S/C33H36N4O3/c1-8-19-15(4)23-12-25-17(6)21(10-3)31(36-25)22-11-29(38)40-33(39)30-18(7)26(37-32(22)30)14-28-20(9-2)16(5)24(35-28)13-27(19)34-23/h8,12-14,17,21,34-37H,1,9-11H2,2-7H3/t17-,21-/m0/s1. The predicted octanol–water partition coefficient (Wildman–Crippen LogP) is 4.88. The van der Waals surface area contributed by atoms with Crippen LogP contribution in [0.2, 0.25) is 0 Å². The first-order valence-electron chi connectivity index (χ1n) is 14.1. The maximum absolute atomic E-state index is 13.2. The summed E-state index contributed by atoms with van der Waals surface area (Å²) in [4.78, 5) is 36.8. The van der Waals surface area contributed by atoms with Crippen molar-refractivity contribution in [3.05, 3.63) is 84.8 Å². The van der Waals surface area contributed by atoms with Crippen molar-refractivity contribution in [2.24, 2.45) is 11.8 Å². The molecule has 8 bridgehead atoms. The van der Waals surface area contributed by atoms with Crippen molar-refractivity contribution < 1.29 is 14.3 Å². The summed E-state index contributed by atoms with van der Waals surface area (Å²) in [6, 6.07) is 0. The number of aromatic amines is 3. The molecule has 0 aromatic carbocycles. The molecule has 1 saturated heterocycles. The monoisotopic (exact) mass is 536 g/mol. The van der Waals surface area contributed by atoms with E-state index >= 15 is 0 Å². The van der Waals surface area contributed by atoms with E-state index in [9.17, 15) is 9.59 Å².